The topological polar surface area (TPSA) is 70.2 Å². The minimum atomic E-state index is -1.20. The van der Waals surface area contributed by atoms with Crippen LogP contribution < -0.4 is 5.56 Å². The minimum absolute atomic E-state index is 0.217. The van der Waals surface area contributed by atoms with Crippen molar-refractivity contribution in [3.8, 4) is 0 Å². The number of aromatic carboxylic acids is 1. The summed E-state index contributed by atoms with van der Waals surface area (Å²) in [4.78, 5) is 25.1. The number of aryl methyl sites for hydroxylation is 1. The highest BCUT2D eigenvalue weighted by Gasteiger charge is 2.11. The number of aromatic nitrogens is 1. The summed E-state index contributed by atoms with van der Waals surface area (Å²) in [5, 5.41) is 9.64. The molecule has 0 spiro atoms. The largest absolute Gasteiger partial charge is 0.477 e. The number of rotatable bonds is 3. The predicted octanol–water partition coefficient (Wildman–Crippen LogP) is 2.18. The van der Waals surface area contributed by atoms with Gasteiger partial charge in [0.05, 0.1) is 5.52 Å². The normalized spacial score (nSPS) is 10.6. The number of hydrogen-bond donors (Lipinski definition) is 2. The van der Waals surface area contributed by atoms with Crippen LogP contribution in [0.3, 0.4) is 0 Å². The molecule has 0 radical (unpaired) electrons. The van der Waals surface area contributed by atoms with Crippen molar-refractivity contribution in [3.63, 3.8) is 0 Å². The van der Waals surface area contributed by atoms with Crippen LogP contribution in [0.2, 0.25) is 0 Å². The van der Waals surface area contributed by atoms with E-state index in [2.05, 4.69) is 11.9 Å². The van der Waals surface area contributed by atoms with Gasteiger partial charge in [-0.25, -0.2) is 4.79 Å². The molecule has 2 aromatic rings. The van der Waals surface area contributed by atoms with E-state index in [0.717, 1.165) is 29.3 Å². The highest BCUT2D eigenvalue weighted by atomic mass is 16.4. The summed E-state index contributed by atoms with van der Waals surface area (Å²) >= 11 is 0. The second kappa shape index (κ2) is 4.41. The maximum absolute atomic E-state index is 11.6. The molecule has 0 saturated heterocycles. The molecule has 4 nitrogen and oxygen atoms in total. The molecule has 2 N–H and O–H groups in total. The Morgan fingerprint density at radius 3 is 2.82 bits per heavy atom. The minimum Gasteiger partial charge on any atom is -0.477 e. The Labute approximate surface area is 97.9 Å². The van der Waals surface area contributed by atoms with Gasteiger partial charge in [-0.05, 0) is 23.4 Å². The Balaban J connectivity index is 2.73. The zero-order valence-electron chi connectivity index (χ0n) is 9.49. The summed E-state index contributed by atoms with van der Waals surface area (Å²) in [5.41, 5.74) is 1.02. The van der Waals surface area contributed by atoms with Gasteiger partial charge in [0.25, 0.3) is 5.56 Å². The molecule has 0 bridgehead atoms. The average Bonchev–Trinajstić information content (AvgIpc) is 2.29. The molecule has 0 saturated carbocycles. The van der Waals surface area contributed by atoms with Crippen molar-refractivity contribution in [3.05, 3.63) is 45.7 Å². The van der Waals surface area contributed by atoms with Gasteiger partial charge in [-0.15, -0.1) is 0 Å². The zero-order valence-corrected chi connectivity index (χ0v) is 9.49. The Morgan fingerprint density at radius 2 is 2.18 bits per heavy atom. The van der Waals surface area contributed by atoms with Gasteiger partial charge in [-0.2, -0.15) is 0 Å². The number of benzene rings is 1. The van der Waals surface area contributed by atoms with E-state index in [-0.39, 0.29) is 5.56 Å². The second-order valence-corrected chi connectivity index (χ2v) is 3.95. The molecule has 0 atom stereocenters. The van der Waals surface area contributed by atoms with E-state index in [4.69, 9.17) is 5.11 Å². The van der Waals surface area contributed by atoms with E-state index in [0.29, 0.717) is 0 Å². The van der Waals surface area contributed by atoms with Crippen molar-refractivity contribution in [2.45, 2.75) is 19.8 Å². The van der Waals surface area contributed by atoms with Crippen LogP contribution in [0.1, 0.15) is 29.3 Å². The third kappa shape index (κ3) is 2.06. The number of carboxylic acids is 1. The summed E-state index contributed by atoms with van der Waals surface area (Å²) < 4.78 is 0. The van der Waals surface area contributed by atoms with Crippen LogP contribution in [0.25, 0.3) is 10.9 Å². The fraction of sp³-hybridized carbons (Fsp3) is 0.231. The molecule has 1 aromatic carbocycles. The van der Waals surface area contributed by atoms with Crippen LogP contribution in [0, 0.1) is 0 Å². The standard InChI is InChI=1S/C13H13NO3/c1-2-4-8-5-3-6-9-7-10(13(16)17)12(15)14-11(8)9/h3,5-7H,2,4H2,1H3,(H,14,15)(H,16,17). The summed E-state index contributed by atoms with van der Waals surface area (Å²) in [6, 6.07) is 7.05. The monoisotopic (exact) mass is 231 g/mol. The Morgan fingerprint density at radius 1 is 1.41 bits per heavy atom. The molecule has 1 heterocycles. The SMILES string of the molecule is CCCc1cccc2cc(C(=O)O)c(=O)[nH]c12. The van der Waals surface area contributed by atoms with Crippen LogP contribution >= 0.6 is 0 Å². The zero-order chi connectivity index (χ0) is 12.4. The van der Waals surface area contributed by atoms with Gasteiger partial charge in [0, 0.05) is 0 Å². The molecule has 0 aliphatic carbocycles. The molecule has 0 amide bonds. The van der Waals surface area contributed by atoms with E-state index in [1.54, 1.807) is 6.07 Å². The first kappa shape index (κ1) is 11.4. The fourth-order valence-electron chi connectivity index (χ4n) is 1.93. The molecule has 0 fully saturated rings. The van der Waals surface area contributed by atoms with E-state index in [1.807, 2.05) is 12.1 Å². The summed E-state index contributed by atoms with van der Waals surface area (Å²) in [6.45, 7) is 2.06. The lowest BCUT2D eigenvalue weighted by molar-refractivity contribution is 0.0695. The van der Waals surface area contributed by atoms with Crippen LogP contribution in [-0.2, 0) is 6.42 Å². The van der Waals surface area contributed by atoms with Gasteiger partial charge in [0.15, 0.2) is 0 Å². The second-order valence-electron chi connectivity index (χ2n) is 3.95. The summed E-state index contributed by atoms with van der Waals surface area (Å²) in [6.07, 6.45) is 1.83. The molecule has 0 unspecified atom stereocenters. The molecule has 17 heavy (non-hydrogen) atoms. The van der Waals surface area contributed by atoms with Crippen LogP contribution in [-0.4, -0.2) is 16.1 Å². The first-order chi connectivity index (χ1) is 8.13. The highest BCUT2D eigenvalue weighted by Crippen LogP contribution is 2.17. The maximum Gasteiger partial charge on any atom is 0.341 e. The van der Waals surface area contributed by atoms with Crippen molar-refractivity contribution in [1.82, 2.24) is 4.98 Å². The first-order valence-electron chi connectivity index (χ1n) is 5.51. The van der Waals surface area contributed by atoms with Gasteiger partial charge in [-0.3, -0.25) is 4.79 Å². The molecular weight excluding hydrogens is 218 g/mol. The van der Waals surface area contributed by atoms with Gasteiger partial charge in [0.2, 0.25) is 0 Å². The van der Waals surface area contributed by atoms with Crippen molar-refractivity contribution in [2.75, 3.05) is 0 Å². The molecule has 1 aromatic heterocycles. The van der Waals surface area contributed by atoms with Gasteiger partial charge in [0.1, 0.15) is 5.56 Å². The third-order valence-electron chi connectivity index (χ3n) is 2.72. The van der Waals surface area contributed by atoms with Crippen LogP contribution in [0.15, 0.2) is 29.1 Å². The molecule has 0 aliphatic heterocycles. The van der Waals surface area contributed by atoms with E-state index < -0.39 is 11.5 Å². The predicted molar refractivity (Wildman–Crippen MR) is 65.5 cm³/mol. The first-order valence-corrected chi connectivity index (χ1v) is 5.51. The van der Waals surface area contributed by atoms with Gasteiger partial charge < -0.3 is 10.1 Å². The number of aromatic amines is 1. The smallest absolute Gasteiger partial charge is 0.341 e. The van der Waals surface area contributed by atoms with Crippen molar-refractivity contribution >= 4 is 16.9 Å². The fourth-order valence-corrected chi connectivity index (χ4v) is 1.93. The molecule has 2 rings (SSSR count). The van der Waals surface area contributed by atoms with Crippen LogP contribution in [0.5, 0.6) is 0 Å². The van der Waals surface area contributed by atoms with Gasteiger partial charge >= 0.3 is 5.97 Å². The van der Waals surface area contributed by atoms with Crippen molar-refractivity contribution < 1.29 is 9.90 Å². The lowest BCUT2D eigenvalue weighted by Gasteiger charge is -2.05. The Bertz CT molecular complexity index is 628. The number of carboxylic acid groups (broad SMARTS) is 1. The van der Waals surface area contributed by atoms with Crippen molar-refractivity contribution in [2.24, 2.45) is 0 Å². The molecule has 0 aliphatic rings. The third-order valence-corrected chi connectivity index (χ3v) is 2.72. The van der Waals surface area contributed by atoms with E-state index in [1.165, 1.54) is 6.07 Å². The molecule has 4 heteroatoms. The quantitative estimate of drug-likeness (QED) is 0.850. The number of pyridine rings is 1. The Kier molecular flexibility index (Phi) is 2.95. The van der Waals surface area contributed by atoms with Crippen LogP contribution in [0.4, 0.5) is 0 Å². The molecule has 88 valence electrons. The average molecular weight is 231 g/mol. The Hall–Kier alpha value is -2.10. The molecular formula is C13H13NO3. The van der Waals surface area contributed by atoms with E-state index >= 15 is 0 Å². The number of hydrogen-bond acceptors (Lipinski definition) is 2. The number of H-pyrrole nitrogens is 1. The number of nitrogens with one attached hydrogen (secondary N) is 1. The highest BCUT2D eigenvalue weighted by molar-refractivity contribution is 5.93. The summed E-state index contributed by atoms with van der Waals surface area (Å²) in [5.74, 6) is -1.20. The van der Waals surface area contributed by atoms with Crippen molar-refractivity contribution in [1.29, 1.82) is 0 Å². The lowest BCUT2D eigenvalue weighted by Crippen LogP contribution is -2.17. The van der Waals surface area contributed by atoms with E-state index in [9.17, 15) is 9.59 Å². The number of fused-ring (bicyclic) bond motifs is 1. The van der Waals surface area contributed by atoms with Gasteiger partial charge in [-0.1, -0.05) is 31.5 Å². The number of carbonyl (C=O) groups is 1. The summed E-state index contributed by atoms with van der Waals surface area (Å²) in [7, 11) is 0. The number of para-hydroxylation sites is 1. The maximum atomic E-state index is 11.6. The lowest BCUT2D eigenvalue weighted by atomic mass is 10.0.